The Bertz CT molecular complexity index is 233. The van der Waals surface area contributed by atoms with Gasteiger partial charge in [-0.15, -0.1) is 0 Å². The molecule has 2 rings (SSSR count). The van der Waals surface area contributed by atoms with Crippen molar-refractivity contribution in [3.8, 4) is 0 Å². The van der Waals surface area contributed by atoms with Crippen LogP contribution in [0.5, 0.6) is 0 Å². The van der Waals surface area contributed by atoms with Crippen molar-refractivity contribution in [2.24, 2.45) is 0 Å². The minimum Gasteiger partial charge on any atom is -0.383 e. The van der Waals surface area contributed by atoms with Gasteiger partial charge < -0.3 is 14.8 Å². The van der Waals surface area contributed by atoms with Crippen molar-refractivity contribution < 1.29 is 9.47 Å². The Morgan fingerprint density at radius 3 is 2.78 bits per heavy atom. The highest BCUT2D eigenvalue weighted by atomic mass is 16.5. The van der Waals surface area contributed by atoms with Gasteiger partial charge in [0.05, 0.1) is 12.2 Å². The molecule has 0 aromatic rings. The predicted molar refractivity (Wildman–Crippen MR) is 73.9 cm³/mol. The van der Waals surface area contributed by atoms with Gasteiger partial charge in [0.25, 0.3) is 0 Å². The summed E-state index contributed by atoms with van der Waals surface area (Å²) in [7, 11) is 1.79. The number of hydrogen-bond donors (Lipinski definition) is 1. The fraction of sp³-hybridized carbons (Fsp3) is 1.00. The van der Waals surface area contributed by atoms with Crippen molar-refractivity contribution in [2.45, 2.75) is 76.0 Å². The lowest BCUT2D eigenvalue weighted by Crippen LogP contribution is -2.51. The fourth-order valence-corrected chi connectivity index (χ4v) is 3.53. The van der Waals surface area contributed by atoms with Crippen LogP contribution >= 0.6 is 0 Å². The Kier molecular flexibility index (Phi) is 5.46. The van der Waals surface area contributed by atoms with Gasteiger partial charge in [-0.05, 0) is 32.1 Å². The molecule has 106 valence electrons. The Hall–Kier alpha value is -0.120. The van der Waals surface area contributed by atoms with E-state index in [0.717, 1.165) is 26.1 Å². The third-order valence-electron chi connectivity index (χ3n) is 4.59. The Balaban J connectivity index is 1.85. The first-order chi connectivity index (χ1) is 8.78. The Morgan fingerprint density at radius 2 is 2.11 bits per heavy atom. The van der Waals surface area contributed by atoms with Crippen molar-refractivity contribution in [3.05, 3.63) is 0 Å². The molecule has 3 nitrogen and oxygen atoms in total. The summed E-state index contributed by atoms with van der Waals surface area (Å²) in [6, 6.07) is 1.12. The number of rotatable bonds is 5. The van der Waals surface area contributed by atoms with Crippen LogP contribution in [0.25, 0.3) is 0 Å². The fourth-order valence-electron chi connectivity index (χ4n) is 3.53. The van der Waals surface area contributed by atoms with E-state index < -0.39 is 0 Å². The van der Waals surface area contributed by atoms with Gasteiger partial charge in [-0.2, -0.15) is 0 Å². The van der Waals surface area contributed by atoms with Gasteiger partial charge >= 0.3 is 0 Å². The smallest absolute Gasteiger partial charge is 0.0697 e. The minimum atomic E-state index is 0.208. The molecule has 1 saturated carbocycles. The predicted octanol–water partition coefficient (Wildman–Crippen LogP) is 2.88. The first kappa shape index (κ1) is 14.3. The average Bonchev–Trinajstić information content (AvgIpc) is 2.39. The largest absolute Gasteiger partial charge is 0.383 e. The van der Waals surface area contributed by atoms with E-state index in [1.165, 1.54) is 38.5 Å². The van der Waals surface area contributed by atoms with E-state index in [4.69, 9.17) is 9.47 Å². The van der Waals surface area contributed by atoms with Crippen LogP contribution < -0.4 is 5.32 Å². The molecule has 2 atom stereocenters. The molecular weight excluding hydrogens is 226 g/mol. The highest BCUT2D eigenvalue weighted by Gasteiger charge is 2.38. The number of methoxy groups -OCH3 is 1. The van der Waals surface area contributed by atoms with Crippen molar-refractivity contribution in [2.75, 3.05) is 20.3 Å². The molecule has 1 saturated heterocycles. The monoisotopic (exact) mass is 255 g/mol. The lowest BCUT2D eigenvalue weighted by atomic mass is 9.78. The topological polar surface area (TPSA) is 30.5 Å². The van der Waals surface area contributed by atoms with Crippen LogP contribution in [0.1, 0.15) is 58.3 Å². The molecule has 2 aliphatic rings. The molecule has 0 bridgehead atoms. The highest BCUT2D eigenvalue weighted by Crippen LogP contribution is 2.38. The van der Waals surface area contributed by atoms with Gasteiger partial charge in [0.2, 0.25) is 0 Å². The van der Waals surface area contributed by atoms with Crippen LogP contribution in [0, 0.1) is 0 Å². The normalized spacial score (nSPS) is 29.3. The lowest BCUT2D eigenvalue weighted by Gasteiger charge is -2.44. The maximum absolute atomic E-state index is 6.14. The molecule has 18 heavy (non-hydrogen) atoms. The Morgan fingerprint density at radius 1 is 1.33 bits per heavy atom. The summed E-state index contributed by atoms with van der Waals surface area (Å²) in [4.78, 5) is 0. The highest BCUT2D eigenvalue weighted by molar-refractivity contribution is 4.92. The molecule has 2 fully saturated rings. The standard InChI is InChI=1S/C15H29NO2/c1-3-13(12-17-2)16-14-7-10-18-15(11-14)8-5-4-6-9-15/h13-14,16H,3-12H2,1-2H3. The Labute approximate surface area is 112 Å². The summed E-state index contributed by atoms with van der Waals surface area (Å²) in [6.07, 6.45) is 10.1. The molecular formula is C15H29NO2. The molecule has 1 spiro atoms. The van der Waals surface area contributed by atoms with E-state index in [2.05, 4.69) is 12.2 Å². The van der Waals surface area contributed by atoms with E-state index >= 15 is 0 Å². The maximum atomic E-state index is 6.14. The van der Waals surface area contributed by atoms with Gasteiger partial charge in [0, 0.05) is 25.8 Å². The second kappa shape index (κ2) is 6.88. The van der Waals surface area contributed by atoms with Gasteiger partial charge in [-0.1, -0.05) is 26.2 Å². The molecule has 1 N–H and O–H groups in total. The van der Waals surface area contributed by atoms with E-state index in [1.807, 2.05) is 0 Å². The molecule has 1 aliphatic heterocycles. The third-order valence-corrected chi connectivity index (χ3v) is 4.59. The van der Waals surface area contributed by atoms with Gasteiger partial charge in [0.1, 0.15) is 0 Å². The molecule has 0 aromatic carbocycles. The molecule has 2 unspecified atom stereocenters. The summed E-state index contributed by atoms with van der Waals surface area (Å²) in [5.74, 6) is 0. The average molecular weight is 255 g/mol. The third kappa shape index (κ3) is 3.69. The number of nitrogens with one attached hydrogen (secondary N) is 1. The van der Waals surface area contributed by atoms with Crippen molar-refractivity contribution in [1.29, 1.82) is 0 Å². The first-order valence-corrected chi connectivity index (χ1v) is 7.67. The zero-order chi connectivity index (χ0) is 12.8. The summed E-state index contributed by atoms with van der Waals surface area (Å²) in [6.45, 7) is 3.98. The van der Waals surface area contributed by atoms with Gasteiger partial charge in [0.15, 0.2) is 0 Å². The van der Waals surface area contributed by atoms with Crippen LogP contribution in [0.4, 0.5) is 0 Å². The van der Waals surface area contributed by atoms with Crippen LogP contribution in [0.15, 0.2) is 0 Å². The molecule has 0 radical (unpaired) electrons. The second-order valence-electron chi connectivity index (χ2n) is 6.01. The summed E-state index contributed by atoms with van der Waals surface area (Å²) < 4.78 is 11.4. The summed E-state index contributed by atoms with van der Waals surface area (Å²) >= 11 is 0. The van der Waals surface area contributed by atoms with Crippen LogP contribution in [-0.4, -0.2) is 38.0 Å². The summed E-state index contributed by atoms with van der Waals surface area (Å²) in [5.41, 5.74) is 0.208. The van der Waals surface area contributed by atoms with E-state index in [0.29, 0.717) is 12.1 Å². The van der Waals surface area contributed by atoms with Crippen molar-refractivity contribution in [1.82, 2.24) is 5.32 Å². The van der Waals surface area contributed by atoms with Crippen molar-refractivity contribution >= 4 is 0 Å². The number of ether oxygens (including phenoxy) is 2. The second-order valence-corrected chi connectivity index (χ2v) is 6.01. The molecule has 1 aliphatic carbocycles. The van der Waals surface area contributed by atoms with Gasteiger partial charge in [-0.3, -0.25) is 0 Å². The van der Waals surface area contributed by atoms with Crippen LogP contribution in [0.2, 0.25) is 0 Å². The van der Waals surface area contributed by atoms with E-state index in [1.54, 1.807) is 7.11 Å². The van der Waals surface area contributed by atoms with Crippen molar-refractivity contribution in [3.63, 3.8) is 0 Å². The van der Waals surface area contributed by atoms with E-state index in [-0.39, 0.29) is 5.60 Å². The maximum Gasteiger partial charge on any atom is 0.0697 e. The molecule has 0 amide bonds. The minimum absolute atomic E-state index is 0.208. The molecule has 0 aromatic heterocycles. The summed E-state index contributed by atoms with van der Waals surface area (Å²) in [5, 5.41) is 3.77. The van der Waals surface area contributed by atoms with E-state index in [9.17, 15) is 0 Å². The number of hydrogen-bond acceptors (Lipinski definition) is 3. The zero-order valence-electron chi connectivity index (χ0n) is 12.0. The lowest BCUT2D eigenvalue weighted by molar-refractivity contribution is -0.110. The SMILES string of the molecule is CCC(COC)NC1CCOC2(CCCCC2)C1. The zero-order valence-corrected chi connectivity index (χ0v) is 12.0. The first-order valence-electron chi connectivity index (χ1n) is 7.67. The van der Waals surface area contributed by atoms with Gasteiger partial charge in [-0.25, -0.2) is 0 Å². The molecule has 3 heteroatoms. The quantitative estimate of drug-likeness (QED) is 0.819. The van der Waals surface area contributed by atoms with Crippen LogP contribution in [-0.2, 0) is 9.47 Å². The van der Waals surface area contributed by atoms with Crippen LogP contribution in [0.3, 0.4) is 0 Å². The molecule has 1 heterocycles.